The third-order valence-electron chi connectivity index (χ3n) is 3.98. The van der Waals surface area contributed by atoms with E-state index in [1.807, 2.05) is 36.4 Å². The van der Waals surface area contributed by atoms with Crippen molar-refractivity contribution in [1.29, 1.82) is 5.26 Å². The van der Waals surface area contributed by atoms with E-state index in [1.165, 1.54) is 31.1 Å². The van der Waals surface area contributed by atoms with Crippen LogP contribution in [0.25, 0.3) is 0 Å². The van der Waals surface area contributed by atoms with Crippen molar-refractivity contribution in [2.45, 2.75) is 19.5 Å². The number of carbonyl (C=O) groups is 2. The van der Waals surface area contributed by atoms with Gasteiger partial charge in [-0.2, -0.15) is 5.26 Å². The highest BCUT2D eigenvalue weighted by Crippen LogP contribution is 2.28. The van der Waals surface area contributed by atoms with Crippen molar-refractivity contribution in [3.05, 3.63) is 59.7 Å². The Hall–Kier alpha value is -3.53. The van der Waals surface area contributed by atoms with E-state index in [-0.39, 0.29) is 13.2 Å². The molecule has 1 N–H and O–H groups in total. The molecule has 0 fully saturated rings. The zero-order chi connectivity index (χ0) is 19.8. The molecule has 1 unspecified atom stereocenters. The summed E-state index contributed by atoms with van der Waals surface area (Å²) >= 11 is 0. The minimum Gasteiger partial charge on any atom is -0.493 e. The van der Waals surface area contributed by atoms with Gasteiger partial charge in [0, 0.05) is 12.6 Å². The van der Waals surface area contributed by atoms with E-state index in [4.69, 9.17) is 14.7 Å². The van der Waals surface area contributed by atoms with Crippen LogP contribution in [0.1, 0.15) is 18.1 Å². The molecule has 140 valence electrons. The summed E-state index contributed by atoms with van der Waals surface area (Å²) in [6.45, 7) is 1.25. The average molecular weight is 368 g/mol. The Kier molecular flexibility index (Phi) is 6.78. The average Bonchev–Trinajstić information content (AvgIpc) is 2.70. The maximum Gasteiger partial charge on any atom is 0.326 e. The molecule has 0 bridgehead atoms. The van der Waals surface area contributed by atoms with E-state index < -0.39 is 17.9 Å². The summed E-state index contributed by atoms with van der Waals surface area (Å²) in [5.74, 6) is -0.953. The van der Waals surface area contributed by atoms with E-state index >= 15 is 0 Å². The van der Waals surface area contributed by atoms with E-state index in [9.17, 15) is 14.7 Å². The van der Waals surface area contributed by atoms with Gasteiger partial charge < -0.3 is 19.5 Å². The van der Waals surface area contributed by atoms with Crippen LogP contribution in [0.15, 0.2) is 48.5 Å². The number of rotatable bonds is 8. The molecule has 0 aliphatic rings. The standard InChI is InChI=1S/C20H20N2O5/c1-14(20(24)25)22(12-15-6-4-3-5-7-15)19(23)13-27-17-9-8-16(11-21)10-18(17)26-2/h3-10,14H,12-13H2,1-2H3,(H,24,25). The number of benzene rings is 2. The Morgan fingerprint density at radius 3 is 2.48 bits per heavy atom. The van der Waals surface area contributed by atoms with Crippen molar-refractivity contribution in [3.8, 4) is 17.6 Å². The highest BCUT2D eigenvalue weighted by atomic mass is 16.5. The van der Waals surface area contributed by atoms with Gasteiger partial charge in [-0.1, -0.05) is 30.3 Å². The van der Waals surface area contributed by atoms with Gasteiger partial charge in [0.15, 0.2) is 18.1 Å². The van der Waals surface area contributed by atoms with E-state index in [0.29, 0.717) is 17.1 Å². The molecule has 7 nitrogen and oxygen atoms in total. The lowest BCUT2D eigenvalue weighted by Gasteiger charge is -2.26. The zero-order valence-electron chi connectivity index (χ0n) is 15.1. The molecule has 0 saturated heterocycles. The lowest BCUT2D eigenvalue weighted by atomic mass is 10.2. The third kappa shape index (κ3) is 5.22. The predicted molar refractivity (Wildman–Crippen MR) is 97.3 cm³/mol. The fraction of sp³-hybridized carbons (Fsp3) is 0.250. The molecule has 0 aliphatic heterocycles. The number of ether oxygens (including phenoxy) is 2. The van der Waals surface area contributed by atoms with Gasteiger partial charge in [-0.05, 0) is 24.6 Å². The van der Waals surface area contributed by atoms with Crippen LogP contribution in [0.5, 0.6) is 11.5 Å². The molecule has 1 atom stereocenters. The highest BCUT2D eigenvalue weighted by molar-refractivity contribution is 5.84. The molecule has 2 rings (SSSR count). The summed E-state index contributed by atoms with van der Waals surface area (Å²) in [5, 5.41) is 18.2. The molecule has 0 radical (unpaired) electrons. The Bertz CT molecular complexity index is 845. The molecule has 1 amide bonds. The van der Waals surface area contributed by atoms with E-state index in [1.54, 1.807) is 6.07 Å². The first-order valence-corrected chi connectivity index (χ1v) is 8.23. The minimum absolute atomic E-state index is 0.154. The molecule has 0 saturated carbocycles. The number of hydrogen-bond donors (Lipinski definition) is 1. The lowest BCUT2D eigenvalue weighted by Crippen LogP contribution is -2.44. The maximum absolute atomic E-state index is 12.6. The molecule has 7 heteroatoms. The van der Waals surface area contributed by atoms with Crippen molar-refractivity contribution in [2.75, 3.05) is 13.7 Å². The van der Waals surface area contributed by atoms with E-state index in [0.717, 1.165) is 5.56 Å². The predicted octanol–water partition coefficient (Wildman–Crippen LogP) is 2.45. The van der Waals surface area contributed by atoms with Crippen molar-refractivity contribution in [1.82, 2.24) is 4.90 Å². The summed E-state index contributed by atoms with van der Waals surface area (Å²) in [7, 11) is 1.43. The first-order valence-electron chi connectivity index (χ1n) is 8.23. The summed E-state index contributed by atoms with van der Waals surface area (Å²) in [6.07, 6.45) is 0. The van der Waals surface area contributed by atoms with Gasteiger partial charge in [0.25, 0.3) is 5.91 Å². The number of nitrogens with zero attached hydrogens (tertiary/aromatic N) is 2. The number of hydrogen-bond acceptors (Lipinski definition) is 5. The Morgan fingerprint density at radius 2 is 1.89 bits per heavy atom. The highest BCUT2D eigenvalue weighted by Gasteiger charge is 2.26. The van der Waals surface area contributed by atoms with Gasteiger partial charge in [-0.25, -0.2) is 4.79 Å². The van der Waals surface area contributed by atoms with Crippen LogP contribution in [0, 0.1) is 11.3 Å². The first kappa shape index (κ1) is 19.8. The van der Waals surface area contributed by atoms with Gasteiger partial charge in [0.2, 0.25) is 0 Å². The lowest BCUT2D eigenvalue weighted by molar-refractivity contribution is -0.150. The molecular weight excluding hydrogens is 348 g/mol. The SMILES string of the molecule is COc1cc(C#N)ccc1OCC(=O)N(Cc1ccccc1)C(C)C(=O)O. The van der Waals surface area contributed by atoms with Gasteiger partial charge in [0.05, 0.1) is 18.7 Å². The van der Waals surface area contributed by atoms with Crippen molar-refractivity contribution in [2.24, 2.45) is 0 Å². The van der Waals surface area contributed by atoms with Crippen molar-refractivity contribution >= 4 is 11.9 Å². The van der Waals surface area contributed by atoms with Crippen LogP contribution in [0.3, 0.4) is 0 Å². The zero-order valence-corrected chi connectivity index (χ0v) is 15.1. The number of aliphatic carboxylic acids is 1. The Morgan fingerprint density at radius 1 is 1.19 bits per heavy atom. The number of nitriles is 1. The van der Waals surface area contributed by atoms with Crippen molar-refractivity contribution < 1.29 is 24.2 Å². The topological polar surface area (TPSA) is 99.9 Å². The second-order valence-corrected chi connectivity index (χ2v) is 5.79. The summed E-state index contributed by atoms with van der Waals surface area (Å²) < 4.78 is 10.7. The molecule has 0 aromatic heterocycles. The van der Waals surface area contributed by atoms with Crippen LogP contribution in [0.2, 0.25) is 0 Å². The maximum atomic E-state index is 12.6. The molecule has 0 spiro atoms. The quantitative estimate of drug-likeness (QED) is 0.768. The van der Waals surface area contributed by atoms with Crippen LogP contribution in [-0.4, -0.2) is 41.6 Å². The summed E-state index contributed by atoms with van der Waals surface area (Å²) in [5.41, 5.74) is 1.21. The van der Waals surface area contributed by atoms with Crippen LogP contribution < -0.4 is 9.47 Å². The van der Waals surface area contributed by atoms with Crippen molar-refractivity contribution in [3.63, 3.8) is 0 Å². The van der Waals surface area contributed by atoms with Gasteiger partial charge in [-0.15, -0.1) is 0 Å². The van der Waals surface area contributed by atoms with Crippen LogP contribution in [0.4, 0.5) is 0 Å². The van der Waals surface area contributed by atoms with Crippen LogP contribution >= 0.6 is 0 Å². The fourth-order valence-electron chi connectivity index (χ4n) is 2.43. The number of carbonyl (C=O) groups excluding carboxylic acids is 1. The van der Waals surface area contributed by atoms with Gasteiger partial charge in [0.1, 0.15) is 6.04 Å². The number of carboxylic acids is 1. The van der Waals surface area contributed by atoms with Gasteiger partial charge >= 0.3 is 5.97 Å². The molecular formula is C20H20N2O5. The molecule has 2 aromatic rings. The number of methoxy groups -OCH3 is 1. The molecule has 27 heavy (non-hydrogen) atoms. The monoisotopic (exact) mass is 368 g/mol. The molecule has 0 aliphatic carbocycles. The largest absolute Gasteiger partial charge is 0.493 e. The number of carboxylic acid groups (broad SMARTS) is 1. The smallest absolute Gasteiger partial charge is 0.326 e. The first-order chi connectivity index (χ1) is 13.0. The molecule has 2 aromatic carbocycles. The Balaban J connectivity index is 2.14. The minimum atomic E-state index is -1.10. The normalized spacial score (nSPS) is 11.1. The molecule has 0 heterocycles. The van der Waals surface area contributed by atoms with Crippen LogP contribution in [-0.2, 0) is 16.1 Å². The van der Waals surface area contributed by atoms with Gasteiger partial charge in [-0.3, -0.25) is 4.79 Å². The van der Waals surface area contributed by atoms with E-state index in [2.05, 4.69) is 0 Å². The third-order valence-corrected chi connectivity index (χ3v) is 3.98. The summed E-state index contributed by atoms with van der Waals surface area (Å²) in [6, 6.07) is 14.7. The Labute approximate surface area is 157 Å². The number of amides is 1. The second-order valence-electron chi connectivity index (χ2n) is 5.79. The fourth-order valence-corrected chi connectivity index (χ4v) is 2.43. The second kappa shape index (κ2) is 9.25. The summed E-state index contributed by atoms with van der Waals surface area (Å²) in [4.78, 5) is 25.3.